The van der Waals surface area contributed by atoms with Crippen molar-refractivity contribution >= 4 is 39.7 Å². The average molecular weight is 847 g/mol. The van der Waals surface area contributed by atoms with Gasteiger partial charge in [-0.1, -0.05) is 10.3 Å². The number of hydrogen-bond acceptors (Lipinski definition) is 14. The number of rotatable bonds is 8. The SMILES string of the molecule is Cc1ccc(C(=O)c2cc(-c3c(C)noc3C)cc3[nH]c(C4CC4)nc23)nn1.Cc1ccc(C(=O)c2cc(-c3c(C)noc3C)cc3c2nc(C2CC2)n3C(=O)OC(C)(C)C)nn1. The molecule has 1 N–H and O–H groups in total. The van der Waals surface area contributed by atoms with E-state index in [9.17, 15) is 14.4 Å². The third-order valence-corrected chi connectivity index (χ3v) is 11.1. The summed E-state index contributed by atoms with van der Waals surface area (Å²) in [6, 6.07) is 14.4. The Kier molecular flexibility index (Phi) is 10.2. The second-order valence-corrected chi connectivity index (χ2v) is 17.4. The fourth-order valence-corrected chi connectivity index (χ4v) is 7.74. The van der Waals surface area contributed by atoms with Crippen molar-refractivity contribution in [3.8, 4) is 22.3 Å². The molecule has 320 valence electrons. The number of nitrogens with zero attached hydrogens (tertiary/aromatic N) is 9. The van der Waals surface area contributed by atoms with Crippen LogP contribution in [0.4, 0.5) is 4.79 Å². The Bertz CT molecular complexity index is 3070. The summed E-state index contributed by atoms with van der Waals surface area (Å²) in [6.07, 6.45) is 3.59. The summed E-state index contributed by atoms with van der Waals surface area (Å²) < 4.78 is 18.0. The van der Waals surface area contributed by atoms with Gasteiger partial charge >= 0.3 is 6.09 Å². The molecule has 0 amide bonds. The third-order valence-electron chi connectivity index (χ3n) is 11.1. The minimum absolute atomic E-state index is 0.138. The van der Waals surface area contributed by atoms with Crippen LogP contribution in [0.2, 0.25) is 0 Å². The molecule has 2 saturated carbocycles. The van der Waals surface area contributed by atoms with Crippen LogP contribution in [0.15, 0.2) is 57.6 Å². The topological polar surface area (TPSA) is 211 Å². The van der Waals surface area contributed by atoms with E-state index in [2.05, 4.69) is 35.7 Å². The van der Waals surface area contributed by atoms with Crippen LogP contribution >= 0.6 is 0 Å². The van der Waals surface area contributed by atoms with Gasteiger partial charge in [-0.25, -0.2) is 19.3 Å². The summed E-state index contributed by atoms with van der Waals surface area (Å²) in [4.78, 5) is 53.3. The Balaban J connectivity index is 0.000000164. The number of hydrogen-bond donors (Lipinski definition) is 1. The van der Waals surface area contributed by atoms with Crippen LogP contribution in [-0.2, 0) is 4.74 Å². The van der Waals surface area contributed by atoms with Gasteiger partial charge in [0.05, 0.1) is 50.5 Å². The molecule has 8 aromatic rings. The van der Waals surface area contributed by atoms with Gasteiger partial charge in [-0.15, -0.1) is 10.2 Å². The summed E-state index contributed by atoms with van der Waals surface area (Å²) >= 11 is 0. The van der Waals surface area contributed by atoms with Gasteiger partial charge < -0.3 is 18.8 Å². The van der Waals surface area contributed by atoms with Crippen LogP contribution in [0, 0.1) is 41.5 Å². The monoisotopic (exact) mass is 846 g/mol. The summed E-state index contributed by atoms with van der Waals surface area (Å²) in [7, 11) is 0. The minimum Gasteiger partial charge on any atom is -0.443 e. The molecule has 63 heavy (non-hydrogen) atoms. The van der Waals surface area contributed by atoms with Crippen LogP contribution in [0.1, 0.15) is 136 Å². The highest BCUT2D eigenvalue weighted by Crippen LogP contribution is 2.43. The molecular weight excluding hydrogens is 801 g/mol. The van der Waals surface area contributed by atoms with Crippen molar-refractivity contribution in [2.45, 2.75) is 105 Å². The normalized spacial score (nSPS) is 13.9. The van der Waals surface area contributed by atoms with Crippen LogP contribution < -0.4 is 0 Å². The number of aromatic amines is 1. The lowest BCUT2D eigenvalue weighted by molar-refractivity contribution is 0.0538. The van der Waals surface area contributed by atoms with Gasteiger partial charge in [0.25, 0.3) is 0 Å². The fourth-order valence-electron chi connectivity index (χ4n) is 7.74. The van der Waals surface area contributed by atoms with Crippen molar-refractivity contribution < 1.29 is 28.2 Å². The third kappa shape index (κ3) is 8.04. The molecule has 0 saturated heterocycles. The van der Waals surface area contributed by atoms with E-state index in [1.807, 2.05) is 80.5 Å². The first-order valence-corrected chi connectivity index (χ1v) is 20.9. The number of fused-ring (bicyclic) bond motifs is 2. The largest absolute Gasteiger partial charge is 0.443 e. The van der Waals surface area contributed by atoms with Crippen molar-refractivity contribution in [2.24, 2.45) is 0 Å². The maximum Gasteiger partial charge on any atom is 0.420 e. The second-order valence-electron chi connectivity index (χ2n) is 17.4. The molecule has 2 fully saturated rings. The molecule has 2 aliphatic carbocycles. The van der Waals surface area contributed by atoms with Crippen LogP contribution in [-0.4, -0.2) is 73.5 Å². The number of carbonyl (C=O) groups excluding carboxylic acids is 3. The predicted octanol–water partition coefficient (Wildman–Crippen LogP) is 9.34. The van der Waals surface area contributed by atoms with Crippen molar-refractivity contribution in [1.29, 1.82) is 0 Å². The summed E-state index contributed by atoms with van der Waals surface area (Å²) in [6.45, 7) is 16.5. The molecule has 16 heteroatoms. The van der Waals surface area contributed by atoms with Gasteiger partial charge in [0.2, 0.25) is 11.6 Å². The molecule has 0 bridgehead atoms. The lowest BCUT2D eigenvalue weighted by Crippen LogP contribution is -2.28. The first-order chi connectivity index (χ1) is 30.0. The number of ketones is 2. The first-order valence-electron chi connectivity index (χ1n) is 20.9. The minimum atomic E-state index is -0.691. The van der Waals surface area contributed by atoms with Gasteiger partial charge in [0.15, 0.2) is 0 Å². The Morgan fingerprint density at radius 2 is 1.19 bits per heavy atom. The van der Waals surface area contributed by atoms with E-state index < -0.39 is 11.7 Å². The van der Waals surface area contributed by atoms with Gasteiger partial charge in [0.1, 0.15) is 45.7 Å². The average Bonchev–Trinajstić information content (AvgIpc) is 4.14. The predicted molar refractivity (Wildman–Crippen MR) is 232 cm³/mol. The number of ether oxygens (including phenoxy) is 1. The molecule has 0 aliphatic heterocycles. The molecule has 10 rings (SSSR count). The zero-order valence-corrected chi connectivity index (χ0v) is 36.6. The van der Waals surface area contributed by atoms with Crippen LogP contribution in [0.25, 0.3) is 44.3 Å². The summed E-state index contributed by atoms with van der Waals surface area (Å²) in [5, 5.41) is 24.4. The van der Waals surface area contributed by atoms with E-state index >= 15 is 0 Å². The van der Waals surface area contributed by atoms with E-state index in [0.717, 1.165) is 65.1 Å². The van der Waals surface area contributed by atoms with Gasteiger partial charge in [-0.3, -0.25) is 9.59 Å². The van der Waals surface area contributed by atoms with E-state index in [0.29, 0.717) is 73.6 Å². The maximum atomic E-state index is 13.7. The van der Waals surface area contributed by atoms with Crippen LogP contribution in [0.5, 0.6) is 0 Å². The van der Waals surface area contributed by atoms with Gasteiger partial charge in [-0.05, 0) is 148 Å². The lowest BCUT2D eigenvalue weighted by Gasteiger charge is -2.20. The van der Waals surface area contributed by atoms with Crippen molar-refractivity contribution in [1.82, 2.24) is 50.2 Å². The van der Waals surface area contributed by atoms with E-state index in [1.54, 1.807) is 30.3 Å². The Hall–Kier alpha value is -7.23. The van der Waals surface area contributed by atoms with Crippen LogP contribution in [0.3, 0.4) is 0 Å². The number of imidazole rings is 2. The molecule has 2 aromatic carbocycles. The standard InChI is InChI=1S/C26H27N5O4.C21H19N5O2/c1-13-7-10-19(29-28-13)23(32)18-11-17(21-14(2)30-35-15(21)3)12-20-22(18)27-24(16-8-9-16)31(20)25(33)34-26(4,5)6;1-10-4-7-16(25-24-10)20(27)15-8-14(18-11(2)26-28-12(18)3)9-17-19(15)23-21(22-17)13-5-6-13/h7,10-12,16H,8-9H2,1-6H3;4,7-9,13H,5-6H2,1-3H3,(H,22,23). The zero-order chi connectivity index (χ0) is 44.5. The number of benzene rings is 2. The molecule has 0 atom stereocenters. The quantitative estimate of drug-likeness (QED) is 0.141. The fraction of sp³-hybridized carbons (Fsp3) is 0.340. The highest BCUT2D eigenvalue weighted by molar-refractivity contribution is 6.16. The second kappa shape index (κ2) is 15.6. The molecule has 16 nitrogen and oxygen atoms in total. The Labute approximate surface area is 361 Å². The highest BCUT2D eigenvalue weighted by atomic mass is 16.6. The number of H-pyrrole nitrogens is 1. The maximum absolute atomic E-state index is 13.7. The number of carbonyl (C=O) groups is 3. The summed E-state index contributed by atoms with van der Waals surface area (Å²) in [5.41, 5.74) is 9.27. The molecule has 0 unspecified atom stereocenters. The Morgan fingerprint density at radius 1 is 0.667 bits per heavy atom. The summed E-state index contributed by atoms with van der Waals surface area (Å²) in [5.74, 6) is 2.95. The van der Waals surface area contributed by atoms with Crippen molar-refractivity contribution in [3.63, 3.8) is 0 Å². The first kappa shape index (κ1) is 41.1. The van der Waals surface area contributed by atoms with Crippen molar-refractivity contribution in [2.75, 3.05) is 0 Å². The van der Waals surface area contributed by atoms with Crippen molar-refractivity contribution in [3.05, 3.63) is 117 Å². The lowest BCUT2D eigenvalue weighted by atomic mass is 9.97. The van der Waals surface area contributed by atoms with E-state index in [-0.39, 0.29) is 23.2 Å². The highest BCUT2D eigenvalue weighted by Gasteiger charge is 2.35. The molecular formula is C47H46N10O6. The number of aryl methyl sites for hydroxylation is 6. The molecule has 6 heterocycles. The van der Waals surface area contributed by atoms with E-state index in [1.165, 1.54) is 4.57 Å². The number of aromatic nitrogens is 10. The molecule has 6 aromatic heterocycles. The van der Waals surface area contributed by atoms with Gasteiger partial charge in [-0.2, -0.15) is 10.2 Å². The van der Waals surface area contributed by atoms with Gasteiger partial charge in [0, 0.05) is 23.0 Å². The van der Waals surface area contributed by atoms with E-state index in [4.69, 9.17) is 23.8 Å². The molecule has 0 spiro atoms. The Morgan fingerprint density at radius 3 is 1.65 bits per heavy atom. The number of nitrogens with one attached hydrogen (secondary N) is 1. The zero-order valence-electron chi connectivity index (χ0n) is 36.6. The molecule has 0 radical (unpaired) electrons. The smallest absolute Gasteiger partial charge is 0.420 e. The molecule has 2 aliphatic rings.